The highest BCUT2D eigenvalue weighted by molar-refractivity contribution is 8.06. The van der Waals surface area contributed by atoms with Crippen LogP contribution in [-0.4, -0.2) is 12.4 Å². The number of methoxy groups -OCH3 is 1. The lowest BCUT2D eigenvalue weighted by Crippen LogP contribution is -2.39. The molecule has 10 heteroatoms. The van der Waals surface area contributed by atoms with E-state index in [0.29, 0.717) is 11.4 Å². The molecule has 2 aromatic rings. The summed E-state index contributed by atoms with van der Waals surface area (Å²) in [5.41, 5.74) is 12.3. The highest BCUT2D eigenvalue weighted by Crippen LogP contribution is 2.43. The van der Waals surface area contributed by atoms with Crippen LogP contribution in [0.25, 0.3) is 5.69 Å². The molecule has 1 aromatic carbocycles. The van der Waals surface area contributed by atoms with Crippen LogP contribution < -0.4 is 26.0 Å². The van der Waals surface area contributed by atoms with Gasteiger partial charge in [-0.25, -0.2) is 0 Å². The van der Waals surface area contributed by atoms with Gasteiger partial charge in [0.1, 0.15) is 11.7 Å². The number of benzene rings is 1. The summed E-state index contributed by atoms with van der Waals surface area (Å²) in [6.07, 6.45) is 0. The maximum atomic E-state index is 12.3. The average molecular weight is 368 g/mol. The Morgan fingerprint density at radius 3 is 2.27 bits per heavy atom. The van der Waals surface area contributed by atoms with E-state index in [1.54, 1.807) is 24.3 Å². The second-order valence-corrected chi connectivity index (χ2v) is 6.25. The topological polar surface area (TPSA) is 162 Å². The molecule has 0 aliphatic carbocycles. The molecule has 0 radical (unpaired) electrons. The Bertz CT molecular complexity index is 974. The van der Waals surface area contributed by atoms with Crippen LogP contribution in [0.15, 0.2) is 50.0 Å². The molecule has 0 saturated carbocycles. The van der Waals surface area contributed by atoms with Crippen molar-refractivity contribution >= 4 is 11.8 Å². The Labute approximate surface area is 152 Å². The number of nitriles is 2. The van der Waals surface area contributed by atoms with Gasteiger partial charge in [0.05, 0.1) is 45.7 Å². The van der Waals surface area contributed by atoms with Gasteiger partial charge in [-0.2, -0.15) is 10.5 Å². The standard InChI is InChI=1S/C16H12N6O3S/c1-24-9-4-2-8(3-5-9)22-13(16(23)25-21-22)12-10(6-17)14(19)26-15(20)11(12)7-18/h2-5,12H,19-20H2,1H3. The molecule has 1 aliphatic rings. The normalized spacial score (nSPS) is 14.9. The fourth-order valence-corrected chi connectivity index (χ4v) is 3.36. The van der Waals surface area contributed by atoms with Gasteiger partial charge in [-0.3, -0.25) is 0 Å². The van der Waals surface area contributed by atoms with Crippen LogP contribution in [0.2, 0.25) is 0 Å². The van der Waals surface area contributed by atoms with Gasteiger partial charge in [0.2, 0.25) is 5.69 Å². The molecule has 3 rings (SSSR count). The molecule has 0 amide bonds. The Kier molecular flexibility index (Phi) is 4.43. The SMILES string of the molecule is COc1ccc(-[n+]2noc([O-])c2C2C(C#N)=C(N)SC(N)=C2C#N)cc1. The van der Waals surface area contributed by atoms with Crippen molar-refractivity contribution < 1.29 is 19.0 Å². The number of hydrogen-bond acceptors (Lipinski definition) is 9. The van der Waals surface area contributed by atoms with Crippen molar-refractivity contribution in [2.75, 3.05) is 7.11 Å². The van der Waals surface area contributed by atoms with Crippen LogP contribution in [0.4, 0.5) is 0 Å². The molecular formula is C16H12N6O3S. The number of allylic oxidation sites excluding steroid dienone is 2. The summed E-state index contributed by atoms with van der Waals surface area (Å²) in [6.45, 7) is 0. The van der Waals surface area contributed by atoms with Crippen molar-refractivity contribution in [2.45, 2.75) is 5.92 Å². The number of aromatic nitrogens is 2. The van der Waals surface area contributed by atoms with E-state index in [-0.39, 0.29) is 26.9 Å². The Morgan fingerprint density at radius 1 is 1.19 bits per heavy atom. The number of rotatable bonds is 3. The zero-order valence-electron chi connectivity index (χ0n) is 13.5. The van der Waals surface area contributed by atoms with E-state index in [9.17, 15) is 15.6 Å². The molecule has 0 unspecified atom stereocenters. The number of nitrogens with two attached hydrogens (primary N) is 2. The largest absolute Gasteiger partial charge is 0.539 e. The number of ether oxygens (including phenoxy) is 1. The smallest absolute Gasteiger partial charge is 0.253 e. The summed E-state index contributed by atoms with van der Waals surface area (Å²) < 4.78 is 11.1. The Hall–Kier alpha value is -3.63. The lowest BCUT2D eigenvalue weighted by Gasteiger charge is -2.20. The first kappa shape index (κ1) is 17.2. The molecule has 26 heavy (non-hydrogen) atoms. The van der Waals surface area contributed by atoms with Crippen molar-refractivity contribution in [1.82, 2.24) is 5.27 Å². The van der Waals surface area contributed by atoms with Gasteiger partial charge >= 0.3 is 0 Å². The molecule has 0 saturated heterocycles. The Balaban J connectivity index is 2.22. The van der Waals surface area contributed by atoms with Crippen LogP contribution in [0.3, 0.4) is 0 Å². The Morgan fingerprint density at radius 2 is 1.77 bits per heavy atom. The van der Waals surface area contributed by atoms with E-state index in [1.807, 2.05) is 12.1 Å². The lowest BCUT2D eigenvalue weighted by molar-refractivity contribution is -0.678. The van der Waals surface area contributed by atoms with Crippen LogP contribution in [0.1, 0.15) is 11.6 Å². The zero-order valence-corrected chi connectivity index (χ0v) is 14.3. The van der Waals surface area contributed by atoms with Gasteiger partial charge in [-0.05, 0) is 16.8 Å². The molecule has 2 heterocycles. The third-order valence-corrected chi connectivity index (χ3v) is 4.68. The number of thioether (sulfide) groups is 1. The maximum Gasteiger partial charge on any atom is 0.253 e. The quantitative estimate of drug-likeness (QED) is 0.723. The minimum atomic E-state index is -1.06. The van der Waals surface area contributed by atoms with Crippen LogP contribution >= 0.6 is 11.8 Å². The van der Waals surface area contributed by atoms with E-state index >= 15 is 0 Å². The van der Waals surface area contributed by atoms with E-state index in [0.717, 1.165) is 11.8 Å². The minimum Gasteiger partial charge on any atom is -0.539 e. The second kappa shape index (κ2) is 6.70. The van der Waals surface area contributed by atoms with Gasteiger partial charge in [0, 0.05) is 12.1 Å². The first-order valence-electron chi connectivity index (χ1n) is 7.22. The zero-order chi connectivity index (χ0) is 18.8. The minimum absolute atomic E-state index is 0.0329. The molecule has 9 nitrogen and oxygen atoms in total. The molecule has 1 aliphatic heterocycles. The molecular weight excluding hydrogens is 356 g/mol. The van der Waals surface area contributed by atoms with Crippen LogP contribution in [0, 0.1) is 22.7 Å². The van der Waals surface area contributed by atoms with Gasteiger partial charge in [-0.1, -0.05) is 11.8 Å². The van der Waals surface area contributed by atoms with E-state index in [4.69, 9.17) is 20.7 Å². The summed E-state index contributed by atoms with van der Waals surface area (Å²) in [4.78, 5) is 0. The third-order valence-electron chi connectivity index (χ3n) is 3.80. The first-order chi connectivity index (χ1) is 12.5. The molecule has 0 spiro atoms. The van der Waals surface area contributed by atoms with Crippen molar-refractivity contribution in [1.29, 1.82) is 10.5 Å². The highest BCUT2D eigenvalue weighted by Gasteiger charge is 2.40. The van der Waals surface area contributed by atoms with E-state index < -0.39 is 11.9 Å². The van der Waals surface area contributed by atoms with Crippen molar-refractivity contribution in [2.24, 2.45) is 11.5 Å². The fraction of sp³-hybridized carbons (Fsp3) is 0.125. The summed E-state index contributed by atoms with van der Waals surface area (Å²) in [7, 11) is 1.53. The van der Waals surface area contributed by atoms with Gasteiger partial charge in [0.15, 0.2) is 5.95 Å². The maximum absolute atomic E-state index is 12.3. The average Bonchev–Trinajstić information content (AvgIpc) is 3.02. The van der Waals surface area contributed by atoms with Gasteiger partial charge in [0.25, 0.3) is 5.69 Å². The van der Waals surface area contributed by atoms with Gasteiger partial charge in [-0.15, -0.1) is 0 Å². The second-order valence-electron chi connectivity index (χ2n) is 5.17. The molecule has 130 valence electrons. The molecule has 0 bridgehead atoms. The molecule has 1 aromatic heterocycles. The van der Waals surface area contributed by atoms with Crippen molar-refractivity contribution in [3.05, 3.63) is 51.2 Å². The third kappa shape index (κ3) is 2.68. The molecule has 0 fully saturated rings. The van der Waals surface area contributed by atoms with Gasteiger partial charge < -0.3 is 25.8 Å². The predicted molar refractivity (Wildman–Crippen MR) is 88.0 cm³/mol. The summed E-state index contributed by atoms with van der Waals surface area (Å²) in [5, 5.41) is 35.3. The lowest BCUT2D eigenvalue weighted by atomic mass is 9.89. The summed E-state index contributed by atoms with van der Waals surface area (Å²) in [5.74, 6) is -1.24. The summed E-state index contributed by atoms with van der Waals surface area (Å²) in [6, 6.07) is 10.6. The highest BCUT2D eigenvalue weighted by atomic mass is 32.2. The van der Waals surface area contributed by atoms with E-state index in [2.05, 4.69) is 5.27 Å². The monoisotopic (exact) mass is 368 g/mol. The van der Waals surface area contributed by atoms with Crippen LogP contribution in [-0.2, 0) is 0 Å². The summed E-state index contributed by atoms with van der Waals surface area (Å²) >= 11 is 0.911. The van der Waals surface area contributed by atoms with Crippen molar-refractivity contribution in [3.8, 4) is 29.5 Å². The fourth-order valence-electron chi connectivity index (χ4n) is 2.57. The molecule has 0 atom stereocenters. The predicted octanol–water partition coefficient (Wildman–Crippen LogP) is 0.252. The van der Waals surface area contributed by atoms with Crippen molar-refractivity contribution in [3.63, 3.8) is 0 Å². The van der Waals surface area contributed by atoms with E-state index in [1.165, 1.54) is 11.8 Å². The number of hydrogen-bond donors (Lipinski definition) is 2. The van der Waals surface area contributed by atoms with Crippen LogP contribution in [0.5, 0.6) is 11.7 Å². The number of nitrogens with zero attached hydrogens (tertiary/aromatic N) is 4. The molecule has 4 N–H and O–H groups in total. The first-order valence-corrected chi connectivity index (χ1v) is 8.04.